The van der Waals surface area contributed by atoms with Gasteiger partial charge < -0.3 is 25.1 Å². The van der Waals surface area contributed by atoms with Crippen molar-refractivity contribution in [2.75, 3.05) is 19.8 Å². The highest BCUT2D eigenvalue weighted by Crippen LogP contribution is 2.24. The first-order chi connectivity index (χ1) is 9.08. The molecule has 2 fully saturated rings. The molecule has 2 aliphatic heterocycles. The molecule has 0 saturated carbocycles. The maximum atomic E-state index is 10.9. The molecule has 2 heterocycles. The minimum atomic E-state index is -0.742. The van der Waals surface area contributed by atoms with Gasteiger partial charge in [-0.2, -0.15) is 0 Å². The number of hydrogen-bond acceptors (Lipinski definition) is 7. The predicted molar refractivity (Wildman–Crippen MR) is 64.0 cm³/mol. The van der Waals surface area contributed by atoms with Crippen molar-refractivity contribution in [1.29, 1.82) is 0 Å². The lowest BCUT2D eigenvalue weighted by molar-refractivity contribution is -0.538. The summed E-state index contributed by atoms with van der Waals surface area (Å²) in [5, 5.41) is 20.0. The number of aliphatic hydroxyl groups is 1. The van der Waals surface area contributed by atoms with Crippen molar-refractivity contribution in [2.24, 2.45) is 5.73 Å². The largest absolute Gasteiger partial charge is 0.394 e. The molecule has 0 unspecified atom stereocenters. The normalized spacial score (nSPS) is 40.0. The van der Waals surface area contributed by atoms with Crippen molar-refractivity contribution in [1.82, 2.24) is 0 Å². The number of hydrogen-bond donors (Lipinski definition) is 2. The Morgan fingerprint density at radius 3 is 2.79 bits per heavy atom. The average molecular weight is 276 g/mol. The summed E-state index contributed by atoms with van der Waals surface area (Å²) in [7, 11) is 0. The molecule has 0 aromatic carbocycles. The Hall–Kier alpha value is -0.800. The fourth-order valence-electron chi connectivity index (χ4n) is 2.46. The van der Waals surface area contributed by atoms with Gasteiger partial charge in [0, 0.05) is 17.4 Å². The lowest BCUT2D eigenvalue weighted by Crippen LogP contribution is -2.46. The first kappa shape index (κ1) is 14.6. The molecule has 0 aromatic heterocycles. The van der Waals surface area contributed by atoms with Gasteiger partial charge in [0.1, 0.15) is 0 Å². The molecule has 0 spiro atoms. The summed E-state index contributed by atoms with van der Waals surface area (Å²) in [5.41, 5.74) is 5.77. The SMILES string of the molecule is N[C@@H]1COC[C@H](O[C@@H]2C[C@H]([N+](=O)[O-])C[C@H](CO)O2)C1. The van der Waals surface area contributed by atoms with Crippen molar-refractivity contribution < 1.29 is 24.2 Å². The van der Waals surface area contributed by atoms with Crippen molar-refractivity contribution in [2.45, 2.75) is 49.8 Å². The van der Waals surface area contributed by atoms with Gasteiger partial charge in [0.15, 0.2) is 6.29 Å². The Morgan fingerprint density at radius 1 is 1.37 bits per heavy atom. The van der Waals surface area contributed by atoms with Crippen LogP contribution < -0.4 is 5.73 Å². The quantitative estimate of drug-likeness (QED) is 0.513. The number of ether oxygens (including phenoxy) is 3. The van der Waals surface area contributed by atoms with Crippen molar-refractivity contribution in [3.8, 4) is 0 Å². The predicted octanol–water partition coefficient (Wildman–Crippen LogP) is -0.738. The molecule has 0 aromatic rings. The zero-order valence-electron chi connectivity index (χ0n) is 10.6. The second kappa shape index (κ2) is 6.58. The fourth-order valence-corrected chi connectivity index (χ4v) is 2.46. The zero-order chi connectivity index (χ0) is 13.8. The Labute approximate surface area is 111 Å². The third-order valence-electron chi connectivity index (χ3n) is 3.39. The summed E-state index contributed by atoms with van der Waals surface area (Å²) < 4.78 is 16.4. The van der Waals surface area contributed by atoms with Gasteiger partial charge in [0.2, 0.25) is 6.04 Å². The van der Waals surface area contributed by atoms with Crippen LogP contribution in [-0.4, -0.2) is 60.4 Å². The van der Waals surface area contributed by atoms with Gasteiger partial charge in [0.05, 0.1) is 38.4 Å². The lowest BCUT2D eigenvalue weighted by atomic mass is 10.0. The third kappa shape index (κ3) is 4.08. The lowest BCUT2D eigenvalue weighted by Gasteiger charge is -2.35. The van der Waals surface area contributed by atoms with E-state index in [4.69, 9.17) is 25.1 Å². The molecular weight excluding hydrogens is 256 g/mol. The van der Waals surface area contributed by atoms with Crippen LogP contribution in [0.5, 0.6) is 0 Å². The maximum absolute atomic E-state index is 10.9. The van der Waals surface area contributed by atoms with Crippen LogP contribution in [0.2, 0.25) is 0 Å². The summed E-state index contributed by atoms with van der Waals surface area (Å²) in [6, 6.07) is -0.823. The highest BCUT2D eigenvalue weighted by Gasteiger charge is 2.38. The Balaban J connectivity index is 1.89. The van der Waals surface area contributed by atoms with Crippen LogP contribution >= 0.6 is 0 Å². The molecule has 8 nitrogen and oxygen atoms in total. The van der Waals surface area contributed by atoms with Crippen LogP contribution in [-0.2, 0) is 14.2 Å². The number of aliphatic hydroxyl groups excluding tert-OH is 1. The van der Waals surface area contributed by atoms with Gasteiger partial charge >= 0.3 is 0 Å². The van der Waals surface area contributed by atoms with E-state index < -0.39 is 18.4 Å². The van der Waals surface area contributed by atoms with Gasteiger partial charge in [-0.05, 0) is 6.42 Å². The maximum Gasteiger partial charge on any atom is 0.220 e. The first-order valence-electron chi connectivity index (χ1n) is 6.47. The van der Waals surface area contributed by atoms with Crippen LogP contribution in [0, 0.1) is 10.1 Å². The topological polar surface area (TPSA) is 117 Å². The average Bonchev–Trinajstić information content (AvgIpc) is 2.38. The monoisotopic (exact) mass is 276 g/mol. The van der Waals surface area contributed by atoms with Gasteiger partial charge in [-0.25, -0.2) is 0 Å². The Kier molecular flexibility index (Phi) is 5.06. The first-order valence-corrected chi connectivity index (χ1v) is 6.47. The number of rotatable bonds is 4. The summed E-state index contributed by atoms with van der Waals surface area (Å²) >= 11 is 0. The molecular formula is C11H20N2O6. The molecule has 0 radical (unpaired) electrons. The van der Waals surface area contributed by atoms with Crippen LogP contribution in [0.4, 0.5) is 0 Å². The van der Waals surface area contributed by atoms with E-state index in [-0.39, 0.29) is 36.5 Å². The molecule has 2 rings (SSSR count). The van der Waals surface area contributed by atoms with Crippen LogP contribution in [0.25, 0.3) is 0 Å². The van der Waals surface area contributed by atoms with Crippen molar-refractivity contribution in [3.63, 3.8) is 0 Å². The molecule has 2 aliphatic rings. The highest BCUT2D eigenvalue weighted by atomic mass is 16.7. The highest BCUT2D eigenvalue weighted by molar-refractivity contribution is 4.77. The smallest absolute Gasteiger partial charge is 0.220 e. The molecule has 8 heteroatoms. The van der Waals surface area contributed by atoms with E-state index in [2.05, 4.69) is 0 Å². The number of nitrogens with zero attached hydrogens (tertiary/aromatic N) is 1. The van der Waals surface area contributed by atoms with Gasteiger partial charge in [-0.1, -0.05) is 0 Å². The molecule has 2 saturated heterocycles. The molecule has 5 atom stereocenters. The minimum Gasteiger partial charge on any atom is -0.394 e. The Morgan fingerprint density at radius 2 is 2.16 bits per heavy atom. The van der Waals surface area contributed by atoms with E-state index in [9.17, 15) is 10.1 Å². The van der Waals surface area contributed by atoms with E-state index in [1.807, 2.05) is 0 Å². The van der Waals surface area contributed by atoms with E-state index in [1.54, 1.807) is 0 Å². The second-order valence-corrected chi connectivity index (χ2v) is 5.07. The minimum absolute atomic E-state index is 0.0812. The van der Waals surface area contributed by atoms with E-state index in [0.717, 1.165) is 0 Å². The molecule has 0 amide bonds. The number of nitrogens with two attached hydrogens (primary N) is 1. The number of nitro groups is 1. The van der Waals surface area contributed by atoms with Crippen LogP contribution in [0.15, 0.2) is 0 Å². The molecule has 19 heavy (non-hydrogen) atoms. The third-order valence-corrected chi connectivity index (χ3v) is 3.39. The molecule has 110 valence electrons. The van der Waals surface area contributed by atoms with Gasteiger partial charge in [-0.15, -0.1) is 0 Å². The van der Waals surface area contributed by atoms with Gasteiger partial charge in [0.25, 0.3) is 0 Å². The molecule has 0 aliphatic carbocycles. The van der Waals surface area contributed by atoms with Crippen LogP contribution in [0.3, 0.4) is 0 Å². The molecule has 3 N–H and O–H groups in total. The van der Waals surface area contributed by atoms with Gasteiger partial charge in [-0.3, -0.25) is 10.1 Å². The van der Waals surface area contributed by atoms with Crippen molar-refractivity contribution in [3.05, 3.63) is 10.1 Å². The van der Waals surface area contributed by atoms with Crippen LogP contribution in [0.1, 0.15) is 19.3 Å². The second-order valence-electron chi connectivity index (χ2n) is 5.07. The standard InChI is InChI=1S/C11H20N2O6/c12-7-1-10(6-17-5-7)19-11-3-8(13(15)16)2-9(4-14)18-11/h7-11,14H,1-6,12H2/t7-,8+,9+,10+,11+/m0/s1. The summed E-state index contributed by atoms with van der Waals surface area (Å²) in [5.74, 6) is 0. The van der Waals surface area contributed by atoms with E-state index in [1.165, 1.54) is 0 Å². The van der Waals surface area contributed by atoms with Crippen molar-refractivity contribution >= 4 is 0 Å². The van der Waals surface area contributed by atoms with E-state index >= 15 is 0 Å². The Bertz CT molecular complexity index is 316. The van der Waals surface area contributed by atoms with E-state index in [0.29, 0.717) is 19.6 Å². The zero-order valence-corrected chi connectivity index (χ0v) is 10.6. The summed E-state index contributed by atoms with van der Waals surface area (Å²) in [6.07, 6.45) is -0.391. The fraction of sp³-hybridized carbons (Fsp3) is 1.00. The summed E-state index contributed by atoms with van der Waals surface area (Å²) in [4.78, 5) is 10.5. The summed E-state index contributed by atoms with van der Waals surface area (Å²) in [6.45, 7) is 0.674. The molecule has 0 bridgehead atoms.